The van der Waals surface area contributed by atoms with Crippen LogP contribution in [0, 0.1) is 0 Å². The highest BCUT2D eigenvalue weighted by molar-refractivity contribution is 5.92. The number of ketones is 1. The minimum absolute atomic E-state index is 0.361. The molecule has 0 aromatic carbocycles. The number of oxazole rings is 1. The Hall–Kier alpha value is -1.26. The number of nitrogens with zero attached hydrogens (tertiary/aromatic N) is 1. The van der Waals surface area contributed by atoms with Crippen molar-refractivity contribution in [1.82, 2.24) is 4.98 Å². The molecular weight excluding hydrogens is 156 g/mol. The molecule has 0 aliphatic carbocycles. The lowest BCUT2D eigenvalue weighted by molar-refractivity contribution is 0.0967. The van der Waals surface area contributed by atoms with Gasteiger partial charge in [0.15, 0.2) is 23.6 Å². The second-order valence-electron chi connectivity index (χ2n) is 1.92. The normalized spacial score (nSPS) is 10.5. The average molecular weight is 161 g/mol. The standard InChI is InChI=1S/C6H5F2NO2/c1-3(10)5-4(6(7)8)9-2-11-5/h2,6H,1H3. The Morgan fingerprint density at radius 1 is 1.73 bits per heavy atom. The van der Waals surface area contributed by atoms with E-state index >= 15 is 0 Å². The number of aromatic nitrogens is 1. The van der Waals surface area contributed by atoms with Crippen molar-refractivity contribution in [1.29, 1.82) is 0 Å². The molecule has 0 atom stereocenters. The fourth-order valence-corrected chi connectivity index (χ4v) is 0.674. The first kappa shape index (κ1) is 7.84. The van der Waals surface area contributed by atoms with E-state index in [1.807, 2.05) is 0 Å². The Bertz CT molecular complexity index is 269. The van der Waals surface area contributed by atoms with Gasteiger partial charge >= 0.3 is 0 Å². The third-order valence-corrected chi connectivity index (χ3v) is 1.12. The SMILES string of the molecule is CC(=O)c1ocnc1C(F)F. The van der Waals surface area contributed by atoms with Crippen LogP contribution in [-0.4, -0.2) is 10.8 Å². The summed E-state index contributed by atoms with van der Waals surface area (Å²) in [5, 5.41) is 0. The number of carbonyl (C=O) groups excluding carboxylic acids is 1. The third-order valence-electron chi connectivity index (χ3n) is 1.12. The smallest absolute Gasteiger partial charge is 0.284 e. The van der Waals surface area contributed by atoms with Crippen molar-refractivity contribution < 1.29 is 18.0 Å². The van der Waals surface area contributed by atoms with Gasteiger partial charge in [0, 0.05) is 6.92 Å². The lowest BCUT2D eigenvalue weighted by Crippen LogP contribution is -1.96. The molecule has 0 saturated heterocycles. The van der Waals surface area contributed by atoms with Crippen LogP contribution in [0.15, 0.2) is 10.8 Å². The van der Waals surface area contributed by atoms with E-state index in [4.69, 9.17) is 0 Å². The third kappa shape index (κ3) is 1.42. The van der Waals surface area contributed by atoms with Gasteiger partial charge in [-0.15, -0.1) is 0 Å². The zero-order valence-electron chi connectivity index (χ0n) is 5.67. The Morgan fingerprint density at radius 2 is 2.36 bits per heavy atom. The van der Waals surface area contributed by atoms with Crippen molar-refractivity contribution in [2.75, 3.05) is 0 Å². The zero-order chi connectivity index (χ0) is 8.43. The maximum atomic E-state index is 11.9. The van der Waals surface area contributed by atoms with Crippen LogP contribution in [0.4, 0.5) is 8.78 Å². The largest absolute Gasteiger partial charge is 0.440 e. The number of hydrogen-bond acceptors (Lipinski definition) is 3. The predicted molar refractivity (Wildman–Crippen MR) is 31.5 cm³/mol. The molecule has 0 saturated carbocycles. The van der Waals surface area contributed by atoms with Crippen LogP contribution >= 0.6 is 0 Å². The van der Waals surface area contributed by atoms with Crippen LogP contribution in [0.3, 0.4) is 0 Å². The molecular formula is C6H5F2NO2. The van der Waals surface area contributed by atoms with E-state index in [0.29, 0.717) is 0 Å². The van der Waals surface area contributed by atoms with Gasteiger partial charge in [0.25, 0.3) is 6.43 Å². The summed E-state index contributed by atoms with van der Waals surface area (Å²) >= 11 is 0. The molecule has 60 valence electrons. The molecule has 1 aromatic rings. The van der Waals surface area contributed by atoms with Gasteiger partial charge in [0.05, 0.1) is 0 Å². The van der Waals surface area contributed by atoms with Crippen molar-refractivity contribution in [3.8, 4) is 0 Å². The Labute approximate surface area is 61.0 Å². The monoisotopic (exact) mass is 161 g/mol. The van der Waals surface area contributed by atoms with Crippen molar-refractivity contribution in [3.63, 3.8) is 0 Å². The van der Waals surface area contributed by atoms with Gasteiger partial charge in [0.1, 0.15) is 0 Å². The first-order chi connectivity index (χ1) is 5.13. The summed E-state index contributed by atoms with van der Waals surface area (Å²) in [6.07, 6.45) is -1.93. The molecule has 0 radical (unpaired) electrons. The quantitative estimate of drug-likeness (QED) is 0.621. The van der Waals surface area contributed by atoms with E-state index in [1.165, 1.54) is 0 Å². The molecule has 0 spiro atoms. The van der Waals surface area contributed by atoms with Crippen LogP contribution in [0.2, 0.25) is 0 Å². The minimum atomic E-state index is -2.76. The summed E-state index contributed by atoms with van der Waals surface area (Å²) in [7, 11) is 0. The molecule has 0 fully saturated rings. The fourth-order valence-electron chi connectivity index (χ4n) is 0.674. The van der Waals surface area contributed by atoms with Crippen LogP contribution in [0.1, 0.15) is 29.6 Å². The number of Topliss-reactive ketones (excluding diaryl/α,β-unsaturated/α-hetero) is 1. The van der Waals surface area contributed by atoms with Crippen LogP contribution in [0.5, 0.6) is 0 Å². The van der Waals surface area contributed by atoms with Gasteiger partial charge in [-0.05, 0) is 0 Å². The molecule has 1 aromatic heterocycles. The number of hydrogen-bond donors (Lipinski definition) is 0. The molecule has 5 heteroatoms. The Kier molecular flexibility index (Phi) is 1.98. The van der Waals surface area contributed by atoms with Crippen LogP contribution < -0.4 is 0 Å². The summed E-state index contributed by atoms with van der Waals surface area (Å²) < 4.78 is 28.3. The lowest BCUT2D eigenvalue weighted by atomic mass is 10.3. The van der Waals surface area contributed by atoms with Crippen molar-refractivity contribution in [3.05, 3.63) is 17.8 Å². The summed E-state index contributed by atoms with van der Waals surface area (Å²) in [5.41, 5.74) is -0.586. The predicted octanol–water partition coefficient (Wildman–Crippen LogP) is 1.81. The number of carbonyl (C=O) groups is 1. The fraction of sp³-hybridized carbons (Fsp3) is 0.333. The highest BCUT2D eigenvalue weighted by Crippen LogP contribution is 2.20. The molecule has 0 amide bonds. The van der Waals surface area contributed by atoms with Crippen molar-refractivity contribution >= 4 is 5.78 Å². The summed E-state index contributed by atoms with van der Waals surface area (Å²) in [4.78, 5) is 13.8. The lowest BCUT2D eigenvalue weighted by Gasteiger charge is -1.92. The van der Waals surface area contributed by atoms with E-state index in [2.05, 4.69) is 9.40 Å². The van der Waals surface area contributed by atoms with E-state index in [-0.39, 0.29) is 5.76 Å². The van der Waals surface area contributed by atoms with E-state index in [1.54, 1.807) is 0 Å². The summed E-state index contributed by atoms with van der Waals surface area (Å²) in [5.74, 6) is -0.905. The molecule has 0 aliphatic heterocycles. The molecule has 11 heavy (non-hydrogen) atoms. The van der Waals surface area contributed by atoms with Gasteiger partial charge in [-0.3, -0.25) is 4.79 Å². The maximum absolute atomic E-state index is 11.9. The van der Waals surface area contributed by atoms with Crippen LogP contribution in [-0.2, 0) is 0 Å². The molecule has 0 N–H and O–H groups in total. The van der Waals surface area contributed by atoms with Gasteiger partial charge in [-0.2, -0.15) is 0 Å². The summed E-state index contributed by atoms with van der Waals surface area (Å²) in [6.45, 7) is 1.15. The molecule has 1 rings (SSSR count). The molecule has 0 aliphatic rings. The molecule has 0 unspecified atom stereocenters. The van der Waals surface area contributed by atoms with Gasteiger partial charge < -0.3 is 4.42 Å². The first-order valence-electron chi connectivity index (χ1n) is 2.85. The van der Waals surface area contributed by atoms with E-state index < -0.39 is 17.9 Å². The van der Waals surface area contributed by atoms with Crippen molar-refractivity contribution in [2.24, 2.45) is 0 Å². The van der Waals surface area contributed by atoms with Crippen LogP contribution in [0.25, 0.3) is 0 Å². The summed E-state index contributed by atoms with van der Waals surface area (Å²) in [6, 6.07) is 0. The Morgan fingerprint density at radius 3 is 2.73 bits per heavy atom. The first-order valence-corrected chi connectivity index (χ1v) is 2.85. The highest BCUT2D eigenvalue weighted by atomic mass is 19.3. The van der Waals surface area contributed by atoms with E-state index in [9.17, 15) is 13.6 Å². The number of rotatable bonds is 2. The topological polar surface area (TPSA) is 43.1 Å². The molecule has 0 bridgehead atoms. The zero-order valence-corrected chi connectivity index (χ0v) is 5.67. The van der Waals surface area contributed by atoms with E-state index in [0.717, 1.165) is 13.3 Å². The second kappa shape index (κ2) is 2.77. The molecule has 1 heterocycles. The maximum Gasteiger partial charge on any atom is 0.284 e. The number of alkyl halides is 2. The second-order valence-corrected chi connectivity index (χ2v) is 1.92. The number of halogens is 2. The highest BCUT2D eigenvalue weighted by Gasteiger charge is 2.20. The van der Waals surface area contributed by atoms with Gasteiger partial charge in [-0.25, -0.2) is 13.8 Å². The van der Waals surface area contributed by atoms with Gasteiger partial charge in [0.2, 0.25) is 0 Å². The minimum Gasteiger partial charge on any atom is -0.440 e. The van der Waals surface area contributed by atoms with Crippen molar-refractivity contribution in [2.45, 2.75) is 13.3 Å². The average Bonchev–Trinajstić information content (AvgIpc) is 2.32. The van der Waals surface area contributed by atoms with Gasteiger partial charge in [-0.1, -0.05) is 0 Å². The Balaban J connectivity index is 3.06. The molecule has 3 nitrogen and oxygen atoms in total.